The van der Waals surface area contributed by atoms with Crippen molar-refractivity contribution in [2.45, 2.75) is 12.8 Å². The lowest BCUT2D eigenvalue weighted by Gasteiger charge is -2.15. The Kier molecular flexibility index (Phi) is 6.13. The Morgan fingerprint density at radius 1 is 1.16 bits per heavy atom. The van der Waals surface area contributed by atoms with Crippen LogP contribution >= 0.6 is 11.6 Å². The van der Waals surface area contributed by atoms with Crippen LogP contribution < -0.4 is 0 Å². The van der Waals surface area contributed by atoms with Gasteiger partial charge in [-0.25, -0.2) is 9.07 Å². The standard InChI is InChI=1S/C23H21ClFN5O/c1-29(23(31)21-11-13-30(28-21)20-6-2-4-17(24)14-20)12-3-5-19-15-22(27-26-19)16-7-9-18(25)10-8-16/h2,4,6-11,13-15H,3,5,12H2,1H3,(H,26,27). The number of aryl methyl sites for hydroxylation is 1. The molecule has 2 aromatic heterocycles. The van der Waals surface area contributed by atoms with Crippen molar-refractivity contribution in [2.24, 2.45) is 0 Å². The van der Waals surface area contributed by atoms with Crippen molar-refractivity contribution in [3.05, 3.63) is 89.1 Å². The molecule has 8 heteroatoms. The van der Waals surface area contributed by atoms with E-state index in [9.17, 15) is 9.18 Å². The molecule has 0 aliphatic rings. The number of benzene rings is 2. The minimum Gasteiger partial charge on any atom is -0.340 e. The van der Waals surface area contributed by atoms with Crippen LogP contribution in [0.2, 0.25) is 5.02 Å². The summed E-state index contributed by atoms with van der Waals surface area (Å²) in [7, 11) is 1.76. The minimum absolute atomic E-state index is 0.141. The Morgan fingerprint density at radius 3 is 2.74 bits per heavy atom. The van der Waals surface area contributed by atoms with Crippen LogP contribution in [0.4, 0.5) is 4.39 Å². The fourth-order valence-corrected chi connectivity index (χ4v) is 3.45. The monoisotopic (exact) mass is 437 g/mol. The third kappa shape index (κ3) is 5.00. The number of aromatic amines is 1. The van der Waals surface area contributed by atoms with Gasteiger partial charge in [-0.05, 0) is 67.4 Å². The summed E-state index contributed by atoms with van der Waals surface area (Å²) in [4.78, 5) is 14.3. The van der Waals surface area contributed by atoms with Crippen LogP contribution in [-0.2, 0) is 6.42 Å². The number of aromatic nitrogens is 4. The van der Waals surface area contributed by atoms with Crippen molar-refractivity contribution in [1.29, 1.82) is 0 Å². The maximum absolute atomic E-state index is 13.1. The van der Waals surface area contributed by atoms with E-state index >= 15 is 0 Å². The molecule has 2 heterocycles. The first-order chi connectivity index (χ1) is 15.0. The highest BCUT2D eigenvalue weighted by molar-refractivity contribution is 6.30. The van der Waals surface area contributed by atoms with Crippen molar-refractivity contribution < 1.29 is 9.18 Å². The second-order valence-electron chi connectivity index (χ2n) is 7.24. The highest BCUT2D eigenvalue weighted by Crippen LogP contribution is 2.19. The lowest BCUT2D eigenvalue weighted by atomic mass is 10.1. The van der Waals surface area contributed by atoms with E-state index in [0.29, 0.717) is 17.3 Å². The zero-order valence-corrected chi connectivity index (χ0v) is 17.7. The van der Waals surface area contributed by atoms with Gasteiger partial charge in [0.1, 0.15) is 5.82 Å². The van der Waals surface area contributed by atoms with Gasteiger partial charge in [-0.15, -0.1) is 0 Å². The fraction of sp³-hybridized carbons (Fsp3) is 0.174. The Hall–Kier alpha value is -3.45. The van der Waals surface area contributed by atoms with Gasteiger partial charge in [0, 0.05) is 36.1 Å². The summed E-state index contributed by atoms with van der Waals surface area (Å²) < 4.78 is 14.7. The van der Waals surface area contributed by atoms with Gasteiger partial charge in [0.2, 0.25) is 0 Å². The quantitative estimate of drug-likeness (QED) is 0.453. The third-order valence-electron chi connectivity index (χ3n) is 4.94. The summed E-state index contributed by atoms with van der Waals surface area (Å²) in [6, 6.07) is 17.2. The zero-order chi connectivity index (χ0) is 21.8. The molecule has 4 rings (SSSR count). The summed E-state index contributed by atoms with van der Waals surface area (Å²) in [6.07, 6.45) is 3.25. The Balaban J connectivity index is 1.31. The van der Waals surface area contributed by atoms with Gasteiger partial charge in [0.05, 0.1) is 11.4 Å². The van der Waals surface area contributed by atoms with Crippen LogP contribution in [0.25, 0.3) is 16.9 Å². The molecule has 0 radical (unpaired) electrons. The van der Waals surface area contributed by atoms with E-state index in [1.807, 2.05) is 18.2 Å². The van der Waals surface area contributed by atoms with E-state index in [4.69, 9.17) is 11.6 Å². The number of amides is 1. The minimum atomic E-state index is -0.274. The van der Waals surface area contributed by atoms with E-state index in [-0.39, 0.29) is 11.7 Å². The first-order valence-corrected chi connectivity index (χ1v) is 10.2. The number of nitrogens with one attached hydrogen (secondary N) is 1. The maximum Gasteiger partial charge on any atom is 0.274 e. The van der Waals surface area contributed by atoms with Crippen molar-refractivity contribution in [1.82, 2.24) is 24.9 Å². The summed E-state index contributed by atoms with van der Waals surface area (Å²) in [5, 5.41) is 12.3. The molecule has 6 nitrogen and oxygen atoms in total. The van der Waals surface area contributed by atoms with Crippen LogP contribution in [0.1, 0.15) is 22.6 Å². The zero-order valence-electron chi connectivity index (χ0n) is 16.9. The number of nitrogens with zero attached hydrogens (tertiary/aromatic N) is 4. The molecular formula is C23H21ClFN5O. The first-order valence-electron chi connectivity index (χ1n) is 9.87. The highest BCUT2D eigenvalue weighted by atomic mass is 35.5. The van der Waals surface area contributed by atoms with Crippen molar-refractivity contribution in [2.75, 3.05) is 13.6 Å². The van der Waals surface area contributed by atoms with E-state index in [1.54, 1.807) is 53.2 Å². The molecule has 1 N–H and O–H groups in total. The molecule has 0 saturated carbocycles. The number of hydrogen-bond acceptors (Lipinski definition) is 3. The Labute approximate surface area is 184 Å². The second-order valence-corrected chi connectivity index (χ2v) is 7.68. The Bertz CT molecular complexity index is 1180. The van der Waals surface area contributed by atoms with Gasteiger partial charge in [0.25, 0.3) is 5.91 Å². The van der Waals surface area contributed by atoms with Gasteiger partial charge < -0.3 is 4.90 Å². The van der Waals surface area contributed by atoms with E-state index in [2.05, 4.69) is 15.3 Å². The van der Waals surface area contributed by atoms with Crippen LogP contribution in [0, 0.1) is 5.82 Å². The highest BCUT2D eigenvalue weighted by Gasteiger charge is 2.15. The summed E-state index contributed by atoms with van der Waals surface area (Å²) >= 11 is 6.03. The average molecular weight is 438 g/mol. The summed E-state index contributed by atoms with van der Waals surface area (Å²) in [5.41, 5.74) is 3.76. The number of carbonyl (C=O) groups is 1. The van der Waals surface area contributed by atoms with Gasteiger partial charge in [-0.2, -0.15) is 10.2 Å². The number of hydrogen-bond donors (Lipinski definition) is 1. The molecule has 4 aromatic rings. The first kappa shape index (κ1) is 20.8. The average Bonchev–Trinajstić information content (AvgIpc) is 3.44. The number of carbonyl (C=O) groups excluding carboxylic acids is 1. The Morgan fingerprint density at radius 2 is 1.97 bits per heavy atom. The van der Waals surface area contributed by atoms with Gasteiger partial charge >= 0.3 is 0 Å². The van der Waals surface area contributed by atoms with Crippen LogP contribution in [0.15, 0.2) is 66.9 Å². The molecule has 0 aliphatic carbocycles. The molecule has 0 aliphatic heterocycles. The maximum atomic E-state index is 13.1. The molecule has 0 bridgehead atoms. The van der Waals surface area contributed by atoms with Crippen LogP contribution in [0.3, 0.4) is 0 Å². The SMILES string of the molecule is CN(CCCc1cc(-c2ccc(F)cc2)n[nH]1)C(=O)c1ccn(-c2cccc(Cl)c2)n1. The molecule has 0 atom stereocenters. The smallest absolute Gasteiger partial charge is 0.274 e. The summed E-state index contributed by atoms with van der Waals surface area (Å²) in [5.74, 6) is -0.415. The van der Waals surface area contributed by atoms with Gasteiger partial charge in [0.15, 0.2) is 5.69 Å². The lowest BCUT2D eigenvalue weighted by molar-refractivity contribution is 0.0787. The largest absolute Gasteiger partial charge is 0.340 e. The van der Waals surface area contributed by atoms with Gasteiger partial charge in [-0.3, -0.25) is 9.89 Å². The van der Waals surface area contributed by atoms with Gasteiger partial charge in [-0.1, -0.05) is 17.7 Å². The lowest BCUT2D eigenvalue weighted by Crippen LogP contribution is -2.28. The van der Waals surface area contributed by atoms with Crippen molar-refractivity contribution in [3.63, 3.8) is 0 Å². The topological polar surface area (TPSA) is 66.8 Å². The molecule has 0 spiro atoms. The third-order valence-corrected chi connectivity index (χ3v) is 5.17. The molecule has 31 heavy (non-hydrogen) atoms. The predicted octanol–water partition coefficient (Wildman–Crippen LogP) is 4.76. The summed E-state index contributed by atoms with van der Waals surface area (Å²) in [6.45, 7) is 0.577. The van der Waals surface area contributed by atoms with Crippen LogP contribution in [0.5, 0.6) is 0 Å². The molecule has 2 aromatic carbocycles. The van der Waals surface area contributed by atoms with E-state index < -0.39 is 0 Å². The predicted molar refractivity (Wildman–Crippen MR) is 118 cm³/mol. The van der Waals surface area contributed by atoms with E-state index in [0.717, 1.165) is 35.5 Å². The van der Waals surface area contributed by atoms with E-state index in [1.165, 1.54) is 12.1 Å². The van der Waals surface area contributed by atoms with Crippen molar-refractivity contribution >= 4 is 17.5 Å². The molecule has 158 valence electrons. The number of rotatable bonds is 7. The molecule has 1 amide bonds. The number of halogens is 2. The molecular weight excluding hydrogens is 417 g/mol. The van der Waals surface area contributed by atoms with Crippen molar-refractivity contribution in [3.8, 4) is 16.9 Å². The normalized spacial score (nSPS) is 10.9. The molecule has 0 unspecified atom stereocenters. The number of H-pyrrole nitrogens is 1. The fourth-order valence-electron chi connectivity index (χ4n) is 3.26. The molecule has 0 saturated heterocycles. The second kappa shape index (κ2) is 9.14. The molecule has 0 fully saturated rings. The van der Waals surface area contributed by atoms with Crippen LogP contribution in [-0.4, -0.2) is 44.4 Å².